The number of carbonyl (C=O) groups excluding carboxylic acids is 2. The molecule has 7 rings (SSSR count). The van der Waals surface area contributed by atoms with Crippen LogP contribution in [-0.2, 0) is 22.6 Å². The van der Waals surface area contributed by atoms with Crippen LogP contribution in [0.3, 0.4) is 0 Å². The monoisotopic (exact) mass is 583 g/mol. The number of hydrogen-bond acceptors (Lipinski definition) is 5. The number of rotatable bonds is 7. The van der Waals surface area contributed by atoms with Gasteiger partial charge in [0.05, 0.1) is 11.7 Å². The van der Waals surface area contributed by atoms with Gasteiger partial charge in [-0.05, 0) is 98.0 Å². The summed E-state index contributed by atoms with van der Waals surface area (Å²) in [6, 6.07) is 20.5. The molecular formula is C32H27ClFN5O3. The van der Waals surface area contributed by atoms with Crippen LogP contribution < -0.4 is 15.4 Å². The molecule has 2 N–H and O–H groups in total. The van der Waals surface area contributed by atoms with Gasteiger partial charge in [-0.15, -0.1) is 12.4 Å². The molecule has 3 aromatic carbocycles. The third-order valence-corrected chi connectivity index (χ3v) is 7.81. The molecule has 0 bridgehead atoms. The summed E-state index contributed by atoms with van der Waals surface area (Å²) in [6.07, 6.45) is 6.71. The molecule has 0 saturated heterocycles. The lowest BCUT2D eigenvalue weighted by atomic mass is 10.0. The van der Waals surface area contributed by atoms with E-state index in [4.69, 9.17) is 4.74 Å². The zero-order valence-corrected chi connectivity index (χ0v) is 23.3. The summed E-state index contributed by atoms with van der Waals surface area (Å²) in [5.41, 5.74) is 4.21. The number of pyridine rings is 1. The Morgan fingerprint density at radius 1 is 0.905 bits per heavy atom. The maximum absolute atomic E-state index is 13.2. The van der Waals surface area contributed by atoms with Crippen LogP contribution >= 0.6 is 12.4 Å². The Hall–Kier alpha value is -4.76. The highest BCUT2D eigenvalue weighted by Crippen LogP contribution is 2.47. The van der Waals surface area contributed by atoms with Crippen LogP contribution in [0.5, 0.6) is 11.5 Å². The number of ether oxygens (including phenoxy) is 1. The molecule has 3 heterocycles. The predicted octanol–water partition coefficient (Wildman–Crippen LogP) is 6.76. The number of hydrogen-bond donors (Lipinski definition) is 2. The average Bonchev–Trinajstić information content (AvgIpc) is 3.51. The highest BCUT2D eigenvalue weighted by atomic mass is 35.5. The average molecular weight is 584 g/mol. The van der Waals surface area contributed by atoms with Crippen LogP contribution in [0.1, 0.15) is 25.0 Å². The topological polar surface area (TPSA) is 98.1 Å². The van der Waals surface area contributed by atoms with Gasteiger partial charge in [-0.3, -0.25) is 19.3 Å². The van der Waals surface area contributed by atoms with Crippen molar-refractivity contribution in [2.24, 2.45) is 5.41 Å². The first kappa shape index (κ1) is 27.4. The van der Waals surface area contributed by atoms with Crippen LogP contribution in [0.15, 0.2) is 85.2 Å². The van der Waals surface area contributed by atoms with Crippen LogP contribution in [0, 0.1) is 11.2 Å². The van der Waals surface area contributed by atoms with Crippen molar-refractivity contribution in [1.29, 1.82) is 0 Å². The van der Waals surface area contributed by atoms with Crippen LogP contribution in [0.25, 0.3) is 22.0 Å². The lowest BCUT2D eigenvalue weighted by Crippen LogP contribution is -2.35. The molecule has 10 heteroatoms. The lowest BCUT2D eigenvalue weighted by Gasteiger charge is -2.16. The lowest BCUT2D eigenvalue weighted by molar-refractivity contribution is -0.131. The number of carbonyl (C=O) groups is 2. The molecule has 42 heavy (non-hydrogen) atoms. The number of fused-ring (bicyclic) bond motifs is 2. The van der Waals surface area contributed by atoms with Gasteiger partial charge in [0.2, 0.25) is 11.8 Å². The van der Waals surface area contributed by atoms with E-state index in [9.17, 15) is 14.0 Å². The zero-order chi connectivity index (χ0) is 28.0. The second kappa shape index (κ2) is 10.9. The summed E-state index contributed by atoms with van der Waals surface area (Å²) in [4.78, 5) is 30.4. The summed E-state index contributed by atoms with van der Waals surface area (Å²) in [7, 11) is 0. The Morgan fingerprint density at radius 2 is 1.60 bits per heavy atom. The van der Waals surface area contributed by atoms with E-state index in [2.05, 4.69) is 37.5 Å². The van der Waals surface area contributed by atoms with E-state index >= 15 is 0 Å². The molecule has 212 valence electrons. The second-order valence-electron chi connectivity index (χ2n) is 10.5. The molecule has 1 fully saturated rings. The first-order valence-corrected chi connectivity index (χ1v) is 13.6. The molecule has 1 aliphatic carbocycles. The summed E-state index contributed by atoms with van der Waals surface area (Å²) < 4.78 is 21.4. The van der Waals surface area contributed by atoms with Crippen LogP contribution in [0.4, 0.5) is 15.8 Å². The predicted molar refractivity (Wildman–Crippen MR) is 160 cm³/mol. The van der Waals surface area contributed by atoms with E-state index in [-0.39, 0.29) is 18.3 Å². The quantitative estimate of drug-likeness (QED) is 0.206. The van der Waals surface area contributed by atoms with E-state index in [1.807, 2.05) is 18.3 Å². The molecule has 0 spiro atoms. The molecular weight excluding hydrogens is 557 g/mol. The van der Waals surface area contributed by atoms with Crippen molar-refractivity contribution in [3.8, 4) is 22.6 Å². The van der Waals surface area contributed by atoms with Crippen LogP contribution in [0.2, 0.25) is 0 Å². The standard InChI is InChI=1S/C32H26FN5O3.ClH/c33-21-4-6-22(7-5-21)36-30(39)32(14-15-32)31(40)37-23-8-10-24(11-9-23)41-29-13-16-34-27-18-20(3-12-25(27)29)26-19-35-38-17-1-2-28(26)38;/h3-13,16,18-19H,1-2,14-15,17H2,(H,36,39)(H,37,40);1H. The van der Waals surface area contributed by atoms with Gasteiger partial charge in [0.25, 0.3) is 0 Å². The van der Waals surface area contributed by atoms with Crippen molar-refractivity contribution in [2.75, 3.05) is 10.6 Å². The number of nitrogens with zero attached hydrogens (tertiary/aromatic N) is 3. The summed E-state index contributed by atoms with van der Waals surface area (Å²) in [5, 5.41) is 11.0. The van der Waals surface area contributed by atoms with Gasteiger partial charge in [-0.1, -0.05) is 6.07 Å². The van der Waals surface area contributed by atoms with Crippen molar-refractivity contribution >= 4 is 46.5 Å². The second-order valence-corrected chi connectivity index (χ2v) is 10.5. The van der Waals surface area contributed by atoms with E-state index < -0.39 is 17.1 Å². The SMILES string of the molecule is Cl.O=C(Nc1ccc(F)cc1)C1(C(=O)Nc2ccc(Oc3ccnc4cc(-c5cnn6c5CCC6)ccc34)cc2)CC1. The fraction of sp³-hybridized carbons (Fsp3) is 0.188. The van der Waals surface area contributed by atoms with Gasteiger partial charge in [-0.25, -0.2) is 4.39 Å². The fourth-order valence-electron chi connectivity index (χ4n) is 5.33. The molecule has 2 amide bonds. The number of benzene rings is 3. The number of amides is 2. The van der Waals surface area contributed by atoms with Gasteiger partial charge in [0.1, 0.15) is 22.7 Å². The highest BCUT2D eigenvalue weighted by molar-refractivity contribution is 6.16. The fourth-order valence-corrected chi connectivity index (χ4v) is 5.33. The Kier molecular flexibility index (Phi) is 7.12. The minimum Gasteiger partial charge on any atom is -0.457 e. The molecule has 1 aliphatic heterocycles. The van der Waals surface area contributed by atoms with E-state index in [0.717, 1.165) is 41.4 Å². The number of halogens is 2. The molecule has 2 aromatic heterocycles. The number of aromatic nitrogens is 3. The minimum atomic E-state index is -1.13. The highest BCUT2D eigenvalue weighted by Gasteiger charge is 2.56. The molecule has 0 unspecified atom stereocenters. The van der Waals surface area contributed by atoms with Crippen molar-refractivity contribution < 1.29 is 18.7 Å². The zero-order valence-electron chi connectivity index (χ0n) is 22.5. The molecule has 0 atom stereocenters. The maximum atomic E-state index is 13.2. The van der Waals surface area contributed by atoms with E-state index in [0.29, 0.717) is 35.7 Å². The first-order valence-electron chi connectivity index (χ1n) is 13.6. The molecule has 1 saturated carbocycles. The summed E-state index contributed by atoms with van der Waals surface area (Å²) in [5.74, 6) is 0.115. The van der Waals surface area contributed by atoms with Gasteiger partial charge in [-0.2, -0.15) is 5.10 Å². The van der Waals surface area contributed by atoms with Crippen molar-refractivity contribution in [3.63, 3.8) is 0 Å². The smallest absolute Gasteiger partial charge is 0.240 e. The van der Waals surface area contributed by atoms with E-state index in [1.165, 1.54) is 30.0 Å². The van der Waals surface area contributed by atoms with Crippen molar-refractivity contribution in [2.45, 2.75) is 32.2 Å². The molecule has 5 aromatic rings. The van der Waals surface area contributed by atoms with Gasteiger partial charge in [0.15, 0.2) is 0 Å². The van der Waals surface area contributed by atoms with Gasteiger partial charge < -0.3 is 15.4 Å². The van der Waals surface area contributed by atoms with Crippen molar-refractivity contribution in [3.05, 3.63) is 96.7 Å². The molecule has 8 nitrogen and oxygen atoms in total. The number of nitrogens with one attached hydrogen (secondary N) is 2. The Balaban J connectivity index is 0.00000316. The Bertz CT molecular complexity index is 1800. The molecule has 0 radical (unpaired) electrons. The maximum Gasteiger partial charge on any atom is 0.240 e. The third kappa shape index (κ3) is 5.07. The summed E-state index contributed by atoms with van der Waals surface area (Å²) >= 11 is 0. The van der Waals surface area contributed by atoms with Crippen molar-refractivity contribution in [1.82, 2.24) is 14.8 Å². The molecule has 2 aliphatic rings. The first-order chi connectivity index (χ1) is 20.0. The summed E-state index contributed by atoms with van der Waals surface area (Å²) in [6.45, 7) is 0.968. The largest absolute Gasteiger partial charge is 0.457 e. The Morgan fingerprint density at radius 3 is 2.29 bits per heavy atom. The Labute approximate surface area is 247 Å². The number of anilines is 2. The van der Waals surface area contributed by atoms with Gasteiger partial charge >= 0.3 is 0 Å². The van der Waals surface area contributed by atoms with E-state index in [1.54, 1.807) is 30.5 Å². The third-order valence-electron chi connectivity index (χ3n) is 7.81. The van der Waals surface area contributed by atoms with Gasteiger partial charge in [0, 0.05) is 40.8 Å². The normalized spacial score (nSPS) is 14.5. The number of aryl methyl sites for hydroxylation is 1. The minimum absolute atomic E-state index is 0. The van der Waals surface area contributed by atoms with Crippen LogP contribution in [-0.4, -0.2) is 26.6 Å².